The number of rotatable bonds is 3. The smallest absolute Gasteiger partial charge is 0.336 e. The predicted molar refractivity (Wildman–Crippen MR) is 72.4 cm³/mol. The van der Waals surface area contributed by atoms with E-state index in [9.17, 15) is 4.79 Å². The summed E-state index contributed by atoms with van der Waals surface area (Å²) in [4.78, 5) is 11.0. The lowest BCUT2D eigenvalue weighted by molar-refractivity contribution is 0.560. The molecule has 0 saturated heterocycles. The van der Waals surface area contributed by atoms with Gasteiger partial charge < -0.3 is 4.42 Å². The van der Waals surface area contributed by atoms with Crippen molar-refractivity contribution in [2.45, 2.75) is 40.0 Å². The normalized spacial score (nSPS) is 9.82. The summed E-state index contributed by atoms with van der Waals surface area (Å²) < 4.78 is 5.13. The predicted octanol–water partition coefficient (Wildman–Crippen LogP) is 4.16. The van der Waals surface area contributed by atoms with Crippen molar-refractivity contribution in [3.05, 3.63) is 46.3 Å². The van der Waals surface area contributed by atoms with E-state index >= 15 is 0 Å². The van der Waals surface area contributed by atoms with Gasteiger partial charge in [-0.25, -0.2) is 4.79 Å². The maximum absolute atomic E-state index is 11.0. The Hall–Kier alpha value is -1.57. The third-order valence-electron chi connectivity index (χ3n) is 2.55. The quantitative estimate of drug-likeness (QED) is 0.744. The Morgan fingerprint density at radius 1 is 1.12 bits per heavy atom. The molecule has 2 heteroatoms. The van der Waals surface area contributed by atoms with Crippen molar-refractivity contribution in [2.24, 2.45) is 0 Å². The first-order valence-electron chi connectivity index (χ1n) is 6.33. The van der Waals surface area contributed by atoms with Gasteiger partial charge in [-0.2, -0.15) is 0 Å². The molecule has 0 amide bonds. The minimum absolute atomic E-state index is 0.282. The van der Waals surface area contributed by atoms with Crippen LogP contribution in [0.25, 0.3) is 11.0 Å². The zero-order valence-electron chi connectivity index (χ0n) is 10.8. The van der Waals surface area contributed by atoms with Gasteiger partial charge >= 0.3 is 5.63 Å². The molecule has 1 heterocycles. The molecule has 1 aromatic heterocycles. The summed E-state index contributed by atoms with van der Waals surface area (Å²) in [7, 11) is 0. The minimum Gasteiger partial charge on any atom is -0.423 e. The van der Waals surface area contributed by atoms with Gasteiger partial charge in [0, 0.05) is 11.5 Å². The molecule has 0 spiro atoms. The summed E-state index contributed by atoms with van der Waals surface area (Å²) in [5, 5.41) is 1.06. The van der Waals surface area contributed by atoms with Crippen molar-refractivity contribution < 1.29 is 4.42 Å². The fourth-order valence-electron chi connectivity index (χ4n) is 1.75. The number of benzene rings is 1. The molecule has 2 nitrogen and oxygen atoms in total. The van der Waals surface area contributed by atoms with Crippen molar-refractivity contribution in [3.63, 3.8) is 0 Å². The van der Waals surface area contributed by atoms with Crippen molar-refractivity contribution in [2.75, 3.05) is 0 Å². The van der Waals surface area contributed by atoms with Crippen LogP contribution < -0.4 is 5.63 Å². The highest BCUT2D eigenvalue weighted by atomic mass is 16.4. The van der Waals surface area contributed by atoms with E-state index in [0.717, 1.165) is 18.2 Å². The molecule has 0 unspecified atom stereocenters. The van der Waals surface area contributed by atoms with Gasteiger partial charge in [0.25, 0.3) is 0 Å². The molecule has 0 fully saturated rings. The molecule has 2 aromatic rings. The molecule has 0 atom stereocenters. The van der Waals surface area contributed by atoms with E-state index in [1.807, 2.05) is 32.0 Å². The van der Waals surface area contributed by atoms with Gasteiger partial charge in [0.2, 0.25) is 0 Å². The summed E-state index contributed by atoms with van der Waals surface area (Å²) in [6, 6.07) is 9.21. The molecule has 0 N–H and O–H groups in total. The van der Waals surface area contributed by atoms with Gasteiger partial charge in [0.15, 0.2) is 0 Å². The summed E-state index contributed by atoms with van der Waals surface area (Å²) in [5.74, 6) is 0. The summed E-state index contributed by atoms with van der Waals surface area (Å²) in [5.41, 5.74) is 1.67. The van der Waals surface area contributed by atoms with Crippen LogP contribution in [0.4, 0.5) is 0 Å². The van der Waals surface area contributed by atoms with Gasteiger partial charge in [0.05, 0.1) is 0 Å². The fourth-order valence-corrected chi connectivity index (χ4v) is 1.75. The third kappa shape index (κ3) is 3.45. The van der Waals surface area contributed by atoms with Gasteiger partial charge in [-0.15, -0.1) is 0 Å². The highest BCUT2D eigenvalue weighted by Gasteiger charge is 2.02. The molecule has 17 heavy (non-hydrogen) atoms. The summed E-state index contributed by atoms with van der Waals surface area (Å²) in [6.07, 6.45) is 3.38. The maximum Gasteiger partial charge on any atom is 0.336 e. The standard InChI is InChI=1S/C13H14O2.C2H6/c1-2-3-5-10-6-4-7-12-11(10)8-9-13(14)15-12;1-2/h4,6-9H,2-3,5H2,1H3;1-2H3. The van der Waals surface area contributed by atoms with Crippen LogP contribution in [-0.4, -0.2) is 0 Å². The number of aryl methyl sites for hydroxylation is 1. The van der Waals surface area contributed by atoms with E-state index < -0.39 is 0 Å². The van der Waals surface area contributed by atoms with Crippen LogP contribution in [0.5, 0.6) is 0 Å². The Kier molecular flexibility index (Phi) is 5.47. The van der Waals surface area contributed by atoms with Crippen LogP contribution in [-0.2, 0) is 6.42 Å². The highest BCUT2D eigenvalue weighted by Crippen LogP contribution is 2.18. The van der Waals surface area contributed by atoms with E-state index in [0.29, 0.717) is 5.58 Å². The molecule has 2 rings (SSSR count). The largest absolute Gasteiger partial charge is 0.423 e. The zero-order chi connectivity index (χ0) is 12.7. The summed E-state index contributed by atoms with van der Waals surface area (Å²) in [6.45, 7) is 6.17. The number of hydrogen-bond donors (Lipinski definition) is 0. The second-order valence-corrected chi connectivity index (χ2v) is 3.69. The minimum atomic E-state index is -0.282. The molecule has 0 aliphatic heterocycles. The Balaban J connectivity index is 0.000000686. The summed E-state index contributed by atoms with van der Waals surface area (Å²) >= 11 is 0. The SMILES string of the molecule is CC.CCCCc1cccc2oc(=O)ccc12. The van der Waals surface area contributed by atoms with E-state index in [-0.39, 0.29) is 5.63 Å². The van der Waals surface area contributed by atoms with Crippen molar-refractivity contribution >= 4 is 11.0 Å². The number of unbranched alkanes of at least 4 members (excludes halogenated alkanes) is 1. The zero-order valence-corrected chi connectivity index (χ0v) is 10.8. The monoisotopic (exact) mass is 232 g/mol. The number of hydrogen-bond acceptors (Lipinski definition) is 2. The molecule has 0 bridgehead atoms. The van der Waals surface area contributed by atoms with Crippen molar-refractivity contribution in [1.82, 2.24) is 0 Å². The van der Waals surface area contributed by atoms with E-state index in [2.05, 4.69) is 13.0 Å². The van der Waals surface area contributed by atoms with E-state index in [4.69, 9.17) is 4.42 Å². The highest BCUT2D eigenvalue weighted by molar-refractivity contribution is 5.80. The van der Waals surface area contributed by atoms with Crippen LogP contribution in [0.3, 0.4) is 0 Å². The Bertz CT molecular complexity index is 512. The van der Waals surface area contributed by atoms with Gasteiger partial charge in [0.1, 0.15) is 5.58 Å². The van der Waals surface area contributed by atoms with Crippen LogP contribution in [0, 0.1) is 0 Å². The van der Waals surface area contributed by atoms with E-state index in [1.54, 1.807) is 0 Å². The first-order chi connectivity index (χ1) is 8.31. The van der Waals surface area contributed by atoms with Crippen LogP contribution in [0.2, 0.25) is 0 Å². The van der Waals surface area contributed by atoms with Gasteiger partial charge in [-0.05, 0) is 30.5 Å². The average molecular weight is 232 g/mol. The number of fused-ring (bicyclic) bond motifs is 1. The Morgan fingerprint density at radius 3 is 2.59 bits per heavy atom. The first kappa shape index (κ1) is 13.5. The molecular formula is C15H20O2. The molecule has 92 valence electrons. The Morgan fingerprint density at radius 2 is 1.88 bits per heavy atom. The van der Waals surface area contributed by atoms with Gasteiger partial charge in [-0.3, -0.25) is 0 Å². The van der Waals surface area contributed by atoms with Crippen LogP contribution >= 0.6 is 0 Å². The van der Waals surface area contributed by atoms with Crippen LogP contribution in [0.15, 0.2) is 39.5 Å². The average Bonchev–Trinajstić information content (AvgIpc) is 2.38. The molecule has 0 radical (unpaired) electrons. The maximum atomic E-state index is 11.0. The molecule has 0 saturated carbocycles. The first-order valence-corrected chi connectivity index (χ1v) is 6.33. The topological polar surface area (TPSA) is 30.2 Å². The van der Waals surface area contributed by atoms with Crippen molar-refractivity contribution in [1.29, 1.82) is 0 Å². The fraction of sp³-hybridized carbons (Fsp3) is 0.400. The van der Waals surface area contributed by atoms with Crippen molar-refractivity contribution in [3.8, 4) is 0 Å². The lowest BCUT2D eigenvalue weighted by Crippen LogP contribution is -1.96. The molecule has 1 aromatic carbocycles. The molecular weight excluding hydrogens is 212 g/mol. The molecule has 0 aliphatic rings. The third-order valence-corrected chi connectivity index (χ3v) is 2.55. The second kappa shape index (κ2) is 6.89. The van der Waals surface area contributed by atoms with Gasteiger partial charge in [-0.1, -0.05) is 39.3 Å². The lowest BCUT2D eigenvalue weighted by Gasteiger charge is -2.03. The second-order valence-electron chi connectivity index (χ2n) is 3.69. The lowest BCUT2D eigenvalue weighted by atomic mass is 10.0. The Labute approximate surface area is 102 Å². The molecule has 0 aliphatic carbocycles. The van der Waals surface area contributed by atoms with E-state index in [1.165, 1.54) is 18.1 Å². The van der Waals surface area contributed by atoms with Crippen LogP contribution in [0.1, 0.15) is 39.2 Å².